The number of hydrogen-bond donors (Lipinski definition) is 1. The summed E-state index contributed by atoms with van der Waals surface area (Å²) in [5.41, 5.74) is 1.55. The van der Waals surface area contributed by atoms with Crippen molar-refractivity contribution in [3.8, 4) is 0 Å². The summed E-state index contributed by atoms with van der Waals surface area (Å²) in [7, 11) is 0. The van der Waals surface area contributed by atoms with Crippen LogP contribution in [0.1, 0.15) is 31.9 Å². The summed E-state index contributed by atoms with van der Waals surface area (Å²) in [5.74, 6) is -0.805. The molecule has 26 heavy (non-hydrogen) atoms. The fraction of sp³-hybridized carbons (Fsp3) is 0.409. The first-order valence-electron chi connectivity index (χ1n) is 9.09. The number of hydrogen-bond acceptors (Lipinski definition) is 3. The van der Waals surface area contributed by atoms with Crippen molar-refractivity contribution in [2.45, 2.75) is 26.2 Å². The molecule has 0 saturated carbocycles. The number of carbonyl (C=O) groups is 1. The van der Waals surface area contributed by atoms with Crippen molar-refractivity contribution in [3.63, 3.8) is 0 Å². The van der Waals surface area contributed by atoms with Gasteiger partial charge in [-0.1, -0.05) is 49.4 Å². The van der Waals surface area contributed by atoms with Crippen molar-refractivity contribution in [2.24, 2.45) is 5.41 Å². The molecule has 1 unspecified atom stereocenters. The average molecular weight is 353 g/mol. The number of carboxylic acids is 1. The highest BCUT2D eigenvalue weighted by molar-refractivity contribution is 5.77. The molecule has 3 rings (SSSR count). The molecule has 0 spiro atoms. The minimum Gasteiger partial charge on any atom is -0.481 e. The lowest BCUT2D eigenvalue weighted by Gasteiger charge is -2.42. The summed E-state index contributed by atoms with van der Waals surface area (Å²) in [6.45, 7) is 8.90. The van der Waals surface area contributed by atoms with E-state index in [0.29, 0.717) is 0 Å². The third kappa shape index (κ3) is 3.10. The van der Waals surface area contributed by atoms with Crippen LogP contribution in [0.2, 0.25) is 0 Å². The van der Waals surface area contributed by atoms with Gasteiger partial charge in [-0.3, -0.25) is 4.79 Å². The van der Waals surface area contributed by atoms with Gasteiger partial charge in [0, 0.05) is 24.2 Å². The van der Waals surface area contributed by atoms with Gasteiger partial charge < -0.3 is 14.7 Å². The van der Waals surface area contributed by atoms with E-state index in [1.165, 1.54) is 0 Å². The van der Waals surface area contributed by atoms with E-state index < -0.39 is 16.8 Å². The van der Waals surface area contributed by atoms with E-state index in [9.17, 15) is 9.90 Å². The Kier molecular flexibility index (Phi) is 5.05. The lowest BCUT2D eigenvalue weighted by molar-refractivity contribution is -0.150. The molecule has 1 aliphatic heterocycles. The highest BCUT2D eigenvalue weighted by atomic mass is 16.5. The maximum absolute atomic E-state index is 12.1. The molecule has 0 bridgehead atoms. The van der Waals surface area contributed by atoms with Crippen LogP contribution in [0.5, 0.6) is 0 Å². The van der Waals surface area contributed by atoms with E-state index in [1.54, 1.807) is 13.8 Å². The maximum atomic E-state index is 12.1. The van der Waals surface area contributed by atoms with Gasteiger partial charge >= 0.3 is 5.97 Å². The highest BCUT2D eigenvalue weighted by Gasteiger charge is 2.49. The number of aliphatic carboxylic acids is 1. The zero-order valence-electron chi connectivity index (χ0n) is 15.7. The van der Waals surface area contributed by atoms with E-state index in [-0.39, 0.29) is 0 Å². The average Bonchev–Trinajstić information content (AvgIpc) is 2.68. The van der Waals surface area contributed by atoms with E-state index in [0.717, 1.165) is 43.1 Å². The molecule has 1 fully saturated rings. The molecule has 138 valence electrons. The molecule has 1 N–H and O–H groups in total. The van der Waals surface area contributed by atoms with E-state index in [2.05, 4.69) is 29.2 Å². The smallest absolute Gasteiger partial charge is 0.310 e. The van der Waals surface area contributed by atoms with Gasteiger partial charge in [0.25, 0.3) is 0 Å². The second-order valence-corrected chi connectivity index (χ2v) is 7.57. The van der Waals surface area contributed by atoms with Crippen LogP contribution >= 0.6 is 0 Å². The summed E-state index contributed by atoms with van der Waals surface area (Å²) in [6, 6.07) is 18.3. The molecular formula is C22H27NO3. The molecule has 0 aliphatic carbocycles. The lowest BCUT2D eigenvalue weighted by atomic mass is 9.59. The molecule has 1 heterocycles. The Balaban J connectivity index is 2.04. The predicted molar refractivity (Wildman–Crippen MR) is 104 cm³/mol. The lowest BCUT2D eigenvalue weighted by Crippen LogP contribution is -2.46. The number of morpholine rings is 1. The number of benzene rings is 2. The van der Waals surface area contributed by atoms with Crippen LogP contribution < -0.4 is 4.90 Å². The fourth-order valence-corrected chi connectivity index (χ4v) is 3.70. The summed E-state index contributed by atoms with van der Waals surface area (Å²) >= 11 is 0. The van der Waals surface area contributed by atoms with Crippen LogP contribution in [-0.2, 0) is 14.9 Å². The molecule has 4 nitrogen and oxygen atoms in total. The van der Waals surface area contributed by atoms with Gasteiger partial charge in [-0.05, 0) is 37.1 Å². The molecule has 0 radical (unpaired) electrons. The van der Waals surface area contributed by atoms with Gasteiger partial charge in [0.05, 0.1) is 18.6 Å². The molecule has 0 amide bonds. The van der Waals surface area contributed by atoms with Crippen LogP contribution in [0.15, 0.2) is 54.6 Å². The van der Waals surface area contributed by atoms with Crippen LogP contribution in [-0.4, -0.2) is 37.4 Å². The van der Waals surface area contributed by atoms with Crippen molar-refractivity contribution in [1.82, 2.24) is 0 Å². The summed E-state index contributed by atoms with van der Waals surface area (Å²) in [6.07, 6.45) is 0. The van der Waals surface area contributed by atoms with Gasteiger partial charge in [-0.15, -0.1) is 0 Å². The Hall–Kier alpha value is -2.33. The van der Waals surface area contributed by atoms with Crippen molar-refractivity contribution in [3.05, 3.63) is 65.7 Å². The standard InChI is InChI=1S/C22H27NO3/c1-21(2,20(24)25)22(3,17-7-5-4-6-8-17)18-9-11-19(12-10-18)23-13-15-26-16-14-23/h4-12H,13-16H2,1-3H3,(H,24,25). The summed E-state index contributed by atoms with van der Waals surface area (Å²) < 4.78 is 5.42. The highest BCUT2D eigenvalue weighted by Crippen LogP contribution is 2.47. The van der Waals surface area contributed by atoms with Gasteiger partial charge in [0.1, 0.15) is 0 Å². The second kappa shape index (κ2) is 7.12. The maximum Gasteiger partial charge on any atom is 0.310 e. The van der Waals surface area contributed by atoms with Gasteiger partial charge in [-0.25, -0.2) is 0 Å². The molecule has 1 saturated heterocycles. The van der Waals surface area contributed by atoms with Crippen LogP contribution in [0, 0.1) is 5.41 Å². The Morgan fingerprint density at radius 1 is 0.923 bits per heavy atom. The minimum atomic E-state index is -0.963. The number of rotatable bonds is 5. The number of nitrogens with zero attached hydrogens (tertiary/aromatic N) is 1. The number of carboxylic acid groups (broad SMARTS) is 1. The Morgan fingerprint density at radius 3 is 2.00 bits per heavy atom. The Bertz CT molecular complexity index is 749. The SMILES string of the molecule is CC(C)(C(=O)O)C(C)(c1ccccc1)c1ccc(N2CCOCC2)cc1. The van der Waals surface area contributed by atoms with Crippen LogP contribution in [0.25, 0.3) is 0 Å². The van der Waals surface area contributed by atoms with Gasteiger partial charge in [0.15, 0.2) is 0 Å². The second-order valence-electron chi connectivity index (χ2n) is 7.57. The van der Waals surface area contributed by atoms with Crippen LogP contribution in [0.3, 0.4) is 0 Å². The summed E-state index contributed by atoms with van der Waals surface area (Å²) in [4.78, 5) is 14.4. The van der Waals surface area contributed by atoms with Crippen molar-refractivity contribution in [1.29, 1.82) is 0 Å². The zero-order chi connectivity index (χ0) is 18.8. The fourth-order valence-electron chi connectivity index (χ4n) is 3.70. The minimum absolute atomic E-state index is 0.649. The van der Waals surface area contributed by atoms with Gasteiger partial charge in [0.2, 0.25) is 0 Å². The predicted octanol–water partition coefficient (Wildman–Crippen LogP) is 3.94. The molecule has 4 heteroatoms. The monoisotopic (exact) mass is 353 g/mol. The molecule has 0 aromatic heterocycles. The first-order chi connectivity index (χ1) is 12.4. The number of ether oxygens (including phenoxy) is 1. The molecule has 2 aromatic carbocycles. The van der Waals surface area contributed by atoms with Crippen molar-refractivity contribution >= 4 is 11.7 Å². The quantitative estimate of drug-likeness (QED) is 0.884. The normalized spacial score (nSPS) is 17.6. The topological polar surface area (TPSA) is 49.8 Å². The van der Waals surface area contributed by atoms with Gasteiger partial charge in [-0.2, -0.15) is 0 Å². The molecule has 1 atom stereocenters. The van der Waals surface area contributed by atoms with E-state index >= 15 is 0 Å². The van der Waals surface area contributed by atoms with Crippen molar-refractivity contribution in [2.75, 3.05) is 31.2 Å². The largest absolute Gasteiger partial charge is 0.481 e. The molecular weight excluding hydrogens is 326 g/mol. The summed E-state index contributed by atoms with van der Waals surface area (Å²) in [5, 5.41) is 9.94. The third-order valence-electron chi connectivity index (χ3n) is 5.96. The Morgan fingerprint density at radius 2 is 1.46 bits per heavy atom. The van der Waals surface area contributed by atoms with E-state index in [4.69, 9.17) is 4.74 Å². The Labute approximate surface area is 155 Å². The van der Waals surface area contributed by atoms with Crippen LogP contribution in [0.4, 0.5) is 5.69 Å². The van der Waals surface area contributed by atoms with Crippen molar-refractivity contribution < 1.29 is 14.6 Å². The third-order valence-corrected chi connectivity index (χ3v) is 5.96. The number of anilines is 1. The molecule has 2 aromatic rings. The first kappa shape index (κ1) is 18.5. The first-order valence-corrected chi connectivity index (χ1v) is 9.09. The zero-order valence-corrected chi connectivity index (χ0v) is 15.7. The van der Waals surface area contributed by atoms with E-state index in [1.807, 2.05) is 37.3 Å². The molecule has 1 aliphatic rings.